The van der Waals surface area contributed by atoms with Crippen LogP contribution in [0.15, 0.2) is 30.3 Å². The summed E-state index contributed by atoms with van der Waals surface area (Å²) >= 11 is 4.86. The molecule has 0 unspecified atom stereocenters. The molecule has 1 aromatic rings. The lowest BCUT2D eigenvalue weighted by molar-refractivity contribution is -0.137. The van der Waals surface area contributed by atoms with Crippen LogP contribution < -0.4 is 5.73 Å². The van der Waals surface area contributed by atoms with E-state index in [9.17, 15) is 4.79 Å². The summed E-state index contributed by atoms with van der Waals surface area (Å²) in [6.07, 6.45) is 3.04. The van der Waals surface area contributed by atoms with Crippen LogP contribution in [0, 0.1) is 0 Å². The molecule has 3 nitrogen and oxygen atoms in total. The first kappa shape index (κ1) is 12.4. The highest BCUT2D eigenvalue weighted by Gasteiger charge is 1.97. The maximum Gasteiger partial charge on any atom is 0.330 e. The SMILES string of the molecule is CCOC(=O)C=Cc1cccc(C(N)=S)c1. The Bertz CT molecular complexity index is 427. The maximum atomic E-state index is 11.1. The minimum absolute atomic E-state index is 0.339. The number of nitrogens with two attached hydrogens (primary N) is 1. The first-order valence-electron chi connectivity index (χ1n) is 4.88. The fourth-order valence-corrected chi connectivity index (χ4v) is 1.28. The van der Waals surface area contributed by atoms with E-state index in [1.54, 1.807) is 13.0 Å². The topological polar surface area (TPSA) is 52.3 Å². The number of carbonyl (C=O) groups excluding carboxylic acids is 1. The Kier molecular flexibility index (Phi) is 4.66. The second kappa shape index (κ2) is 6.02. The average Bonchev–Trinajstić information content (AvgIpc) is 2.27. The molecule has 0 aliphatic carbocycles. The molecule has 2 N–H and O–H groups in total. The van der Waals surface area contributed by atoms with E-state index in [1.807, 2.05) is 24.3 Å². The van der Waals surface area contributed by atoms with Gasteiger partial charge in [-0.3, -0.25) is 0 Å². The fraction of sp³-hybridized carbons (Fsp3) is 0.167. The summed E-state index contributed by atoms with van der Waals surface area (Å²) in [7, 11) is 0. The van der Waals surface area contributed by atoms with Gasteiger partial charge >= 0.3 is 5.97 Å². The van der Waals surface area contributed by atoms with Crippen molar-refractivity contribution in [1.82, 2.24) is 0 Å². The smallest absolute Gasteiger partial charge is 0.330 e. The second-order valence-corrected chi connectivity index (χ2v) is 3.51. The lowest BCUT2D eigenvalue weighted by Crippen LogP contribution is -2.08. The molecular weight excluding hydrogens is 222 g/mol. The van der Waals surface area contributed by atoms with Crippen molar-refractivity contribution in [3.8, 4) is 0 Å². The number of thiocarbonyl (C=S) groups is 1. The molecule has 84 valence electrons. The highest BCUT2D eigenvalue weighted by Crippen LogP contribution is 2.07. The number of benzene rings is 1. The number of hydrogen-bond acceptors (Lipinski definition) is 3. The average molecular weight is 235 g/mol. The largest absolute Gasteiger partial charge is 0.463 e. The zero-order valence-corrected chi connectivity index (χ0v) is 9.79. The molecule has 0 aliphatic rings. The third-order valence-electron chi connectivity index (χ3n) is 1.87. The van der Waals surface area contributed by atoms with Crippen LogP contribution in [0.3, 0.4) is 0 Å². The van der Waals surface area contributed by atoms with E-state index < -0.39 is 0 Å². The van der Waals surface area contributed by atoms with Crippen molar-refractivity contribution in [2.75, 3.05) is 6.61 Å². The van der Waals surface area contributed by atoms with Crippen LogP contribution in [-0.4, -0.2) is 17.6 Å². The van der Waals surface area contributed by atoms with Gasteiger partial charge in [-0.25, -0.2) is 4.79 Å². The molecule has 0 aromatic heterocycles. The van der Waals surface area contributed by atoms with Crippen LogP contribution in [0.4, 0.5) is 0 Å². The van der Waals surface area contributed by atoms with Crippen molar-refractivity contribution in [2.24, 2.45) is 5.73 Å². The summed E-state index contributed by atoms with van der Waals surface area (Å²) < 4.78 is 4.77. The summed E-state index contributed by atoms with van der Waals surface area (Å²) in [5.74, 6) is -0.358. The highest BCUT2D eigenvalue weighted by atomic mass is 32.1. The molecule has 16 heavy (non-hydrogen) atoms. The minimum Gasteiger partial charge on any atom is -0.463 e. The molecule has 0 bridgehead atoms. The van der Waals surface area contributed by atoms with Crippen LogP contribution in [-0.2, 0) is 9.53 Å². The lowest BCUT2D eigenvalue weighted by atomic mass is 10.1. The monoisotopic (exact) mass is 235 g/mol. The molecule has 0 heterocycles. The van der Waals surface area contributed by atoms with Gasteiger partial charge in [0, 0.05) is 11.6 Å². The van der Waals surface area contributed by atoms with Gasteiger partial charge in [0.05, 0.1) is 6.61 Å². The Balaban J connectivity index is 2.77. The van der Waals surface area contributed by atoms with Crippen molar-refractivity contribution < 1.29 is 9.53 Å². The highest BCUT2D eigenvalue weighted by molar-refractivity contribution is 7.80. The Labute approximate surface area is 99.9 Å². The van der Waals surface area contributed by atoms with E-state index in [-0.39, 0.29) is 5.97 Å². The van der Waals surface area contributed by atoms with Gasteiger partial charge in [-0.05, 0) is 24.6 Å². The molecule has 1 aromatic carbocycles. The normalized spacial score (nSPS) is 10.3. The third kappa shape index (κ3) is 3.82. The maximum absolute atomic E-state index is 11.1. The molecule has 0 saturated heterocycles. The fourth-order valence-electron chi connectivity index (χ4n) is 1.15. The molecule has 0 aliphatic heterocycles. The summed E-state index contributed by atoms with van der Waals surface area (Å²) in [5, 5.41) is 0. The summed E-state index contributed by atoms with van der Waals surface area (Å²) in [6.45, 7) is 2.13. The quantitative estimate of drug-likeness (QED) is 0.492. The van der Waals surface area contributed by atoms with Gasteiger partial charge in [-0.2, -0.15) is 0 Å². The number of ether oxygens (including phenoxy) is 1. The van der Waals surface area contributed by atoms with Crippen LogP contribution in [0.5, 0.6) is 0 Å². The van der Waals surface area contributed by atoms with E-state index in [2.05, 4.69) is 0 Å². The van der Waals surface area contributed by atoms with Crippen LogP contribution in [0.1, 0.15) is 18.1 Å². The van der Waals surface area contributed by atoms with E-state index in [4.69, 9.17) is 22.7 Å². The van der Waals surface area contributed by atoms with Crippen LogP contribution >= 0.6 is 12.2 Å². The Hall–Kier alpha value is -1.68. The van der Waals surface area contributed by atoms with Gasteiger partial charge in [-0.1, -0.05) is 30.4 Å². The predicted octanol–water partition coefficient (Wildman–Crippen LogP) is 1.90. The van der Waals surface area contributed by atoms with Gasteiger partial charge in [0.25, 0.3) is 0 Å². The van der Waals surface area contributed by atoms with E-state index >= 15 is 0 Å². The molecule has 0 radical (unpaired) electrons. The number of esters is 1. The number of hydrogen-bond donors (Lipinski definition) is 1. The summed E-state index contributed by atoms with van der Waals surface area (Å²) in [6, 6.07) is 7.33. The van der Waals surface area contributed by atoms with Gasteiger partial charge in [0.2, 0.25) is 0 Å². The number of carbonyl (C=O) groups is 1. The first-order valence-corrected chi connectivity index (χ1v) is 5.29. The van der Waals surface area contributed by atoms with Gasteiger partial charge < -0.3 is 10.5 Å². The molecule has 0 saturated carbocycles. The third-order valence-corrected chi connectivity index (χ3v) is 2.11. The molecule has 0 spiro atoms. The van der Waals surface area contributed by atoms with E-state index in [1.165, 1.54) is 6.08 Å². The molecule has 4 heteroatoms. The van der Waals surface area contributed by atoms with Crippen molar-refractivity contribution in [2.45, 2.75) is 6.92 Å². The van der Waals surface area contributed by atoms with E-state index in [0.29, 0.717) is 11.6 Å². The number of rotatable bonds is 4. The first-order chi connectivity index (χ1) is 7.63. The van der Waals surface area contributed by atoms with Crippen molar-refractivity contribution in [3.63, 3.8) is 0 Å². The van der Waals surface area contributed by atoms with Gasteiger partial charge in [-0.15, -0.1) is 0 Å². The zero-order chi connectivity index (χ0) is 12.0. The Morgan fingerprint density at radius 3 is 2.94 bits per heavy atom. The Morgan fingerprint density at radius 1 is 1.56 bits per heavy atom. The summed E-state index contributed by atoms with van der Waals surface area (Å²) in [4.78, 5) is 11.4. The van der Waals surface area contributed by atoms with E-state index in [0.717, 1.165) is 11.1 Å². The van der Waals surface area contributed by atoms with Crippen LogP contribution in [0.2, 0.25) is 0 Å². The molecular formula is C12H13NO2S. The lowest BCUT2D eigenvalue weighted by Gasteiger charge is -1.99. The predicted molar refractivity (Wildman–Crippen MR) is 68.0 cm³/mol. The second-order valence-electron chi connectivity index (χ2n) is 3.08. The minimum atomic E-state index is -0.358. The zero-order valence-electron chi connectivity index (χ0n) is 8.97. The molecule has 0 amide bonds. The van der Waals surface area contributed by atoms with Gasteiger partial charge in [0.15, 0.2) is 0 Å². The van der Waals surface area contributed by atoms with Crippen molar-refractivity contribution in [1.29, 1.82) is 0 Å². The molecule has 0 fully saturated rings. The molecule has 0 atom stereocenters. The summed E-state index contributed by atoms with van der Waals surface area (Å²) in [5.41, 5.74) is 7.14. The van der Waals surface area contributed by atoms with Crippen molar-refractivity contribution >= 4 is 29.3 Å². The van der Waals surface area contributed by atoms with Crippen molar-refractivity contribution in [3.05, 3.63) is 41.5 Å². The molecule has 1 rings (SSSR count). The standard InChI is InChI=1S/C12H13NO2S/c1-2-15-11(14)7-6-9-4-3-5-10(8-9)12(13)16/h3-8H,2H2,1H3,(H2,13,16). The Morgan fingerprint density at radius 2 is 2.31 bits per heavy atom. The van der Waals surface area contributed by atoms with Crippen LogP contribution in [0.25, 0.3) is 6.08 Å². The van der Waals surface area contributed by atoms with Gasteiger partial charge in [0.1, 0.15) is 4.99 Å².